The second-order valence-corrected chi connectivity index (χ2v) is 7.91. The monoisotopic (exact) mass is 484 g/mol. The minimum atomic E-state index is -1.39. The van der Waals surface area contributed by atoms with Crippen LogP contribution in [0.4, 0.5) is 9.59 Å². The van der Waals surface area contributed by atoms with Gasteiger partial charge in [0.15, 0.2) is 0 Å². The van der Waals surface area contributed by atoms with E-state index < -0.39 is 42.5 Å². The molecule has 184 valence electrons. The van der Waals surface area contributed by atoms with Gasteiger partial charge in [-0.2, -0.15) is 4.79 Å². The van der Waals surface area contributed by atoms with Crippen molar-refractivity contribution >= 4 is 24.1 Å². The molecular formula is C24H24N2O9. The summed E-state index contributed by atoms with van der Waals surface area (Å²) in [5.41, 5.74) is 1.91. The Morgan fingerprint density at radius 1 is 0.971 bits per heavy atom. The fraction of sp³-hybridized carbons (Fsp3) is 0.333. The second kappa shape index (κ2) is 11.4. The minimum absolute atomic E-state index is 0.0457. The van der Waals surface area contributed by atoms with Crippen LogP contribution < -0.4 is 5.32 Å². The summed E-state index contributed by atoms with van der Waals surface area (Å²) in [6.07, 6.45) is -2.57. The van der Waals surface area contributed by atoms with Crippen LogP contribution in [0.5, 0.6) is 0 Å². The molecule has 0 aromatic heterocycles. The molecule has 0 aliphatic carbocycles. The van der Waals surface area contributed by atoms with Crippen LogP contribution in [0.3, 0.4) is 0 Å². The number of nitrogens with zero attached hydrogens (tertiary/aromatic N) is 1. The zero-order valence-corrected chi connectivity index (χ0v) is 18.7. The molecule has 0 spiro atoms. The molecule has 11 nitrogen and oxygen atoms in total. The maximum Gasteiger partial charge on any atom is 0.566 e. The third kappa shape index (κ3) is 7.01. The molecule has 1 N–H and O–H groups in total. The molecule has 3 amide bonds. The molecule has 2 aromatic carbocycles. The van der Waals surface area contributed by atoms with Gasteiger partial charge in [-0.05, 0) is 24.0 Å². The summed E-state index contributed by atoms with van der Waals surface area (Å²) in [7, 11) is 0. The molecule has 2 heterocycles. The number of hydroxylamine groups is 2. The number of carbonyl (C=O) groups excluding carboxylic acids is 4. The summed E-state index contributed by atoms with van der Waals surface area (Å²) in [5, 5.41) is 3.11. The van der Waals surface area contributed by atoms with E-state index in [9.17, 15) is 19.2 Å². The number of rotatable bonds is 10. The van der Waals surface area contributed by atoms with E-state index in [1.54, 1.807) is 0 Å². The third-order valence-electron chi connectivity index (χ3n) is 5.36. The summed E-state index contributed by atoms with van der Waals surface area (Å²) in [6, 6.07) is 18.4. The summed E-state index contributed by atoms with van der Waals surface area (Å²) in [5.74, 6) is -1.29. The molecule has 2 fully saturated rings. The van der Waals surface area contributed by atoms with Crippen molar-refractivity contribution in [3.05, 3.63) is 71.8 Å². The van der Waals surface area contributed by atoms with E-state index in [0.29, 0.717) is 17.9 Å². The van der Waals surface area contributed by atoms with Gasteiger partial charge in [0.25, 0.3) is 11.8 Å². The Morgan fingerprint density at radius 3 is 2.26 bits per heavy atom. The van der Waals surface area contributed by atoms with Crippen LogP contribution >= 0.6 is 0 Å². The van der Waals surface area contributed by atoms with E-state index in [-0.39, 0.29) is 19.4 Å². The highest BCUT2D eigenvalue weighted by atomic mass is 17.3. The highest BCUT2D eigenvalue weighted by Gasteiger charge is 2.49. The fourth-order valence-electron chi connectivity index (χ4n) is 3.51. The number of nitrogens with one attached hydrogen (secondary N) is 1. The average Bonchev–Trinajstić information content (AvgIpc) is 3.59. The van der Waals surface area contributed by atoms with Gasteiger partial charge in [-0.3, -0.25) is 19.3 Å². The highest BCUT2D eigenvalue weighted by molar-refractivity contribution is 6.01. The first-order valence-corrected chi connectivity index (χ1v) is 11.1. The summed E-state index contributed by atoms with van der Waals surface area (Å²) >= 11 is 0. The lowest BCUT2D eigenvalue weighted by atomic mass is 10.0. The van der Waals surface area contributed by atoms with E-state index in [0.717, 1.165) is 11.1 Å². The smallest absolute Gasteiger partial charge is 0.445 e. The van der Waals surface area contributed by atoms with E-state index in [2.05, 4.69) is 15.0 Å². The molecule has 1 unspecified atom stereocenters. The second-order valence-electron chi connectivity index (χ2n) is 7.91. The average molecular weight is 484 g/mol. The van der Waals surface area contributed by atoms with Crippen LogP contribution in [-0.2, 0) is 46.7 Å². The van der Waals surface area contributed by atoms with Crippen molar-refractivity contribution in [2.75, 3.05) is 0 Å². The van der Waals surface area contributed by atoms with Crippen LogP contribution in [0.2, 0.25) is 0 Å². The highest BCUT2D eigenvalue weighted by Crippen LogP contribution is 2.29. The molecule has 3 atom stereocenters. The van der Waals surface area contributed by atoms with E-state index >= 15 is 0 Å². The van der Waals surface area contributed by atoms with Crippen molar-refractivity contribution in [3.8, 4) is 0 Å². The maximum absolute atomic E-state index is 12.4. The largest absolute Gasteiger partial charge is 0.566 e. The lowest BCUT2D eigenvalue weighted by Crippen LogP contribution is -2.40. The van der Waals surface area contributed by atoms with Gasteiger partial charge in [0, 0.05) is 12.8 Å². The third-order valence-corrected chi connectivity index (χ3v) is 5.36. The Labute approximate surface area is 200 Å². The summed E-state index contributed by atoms with van der Waals surface area (Å²) in [6.45, 7) is 0.104. The van der Waals surface area contributed by atoms with Gasteiger partial charge in [-0.1, -0.05) is 65.7 Å². The number of epoxide rings is 1. The Balaban J connectivity index is 1.27. The number of ether oxygens (including phenoxy) is 2. The van der Waals surface area contributed by atoms with Crippen LogP contribution in [-0.4, -0.2) is 47.6 Å². The summed E-state index contributed by atoms with van der Waals surface area (Å²) in [4.78, 5) is 61.1. The van der Waals surface area contributed by atoms with Crippen molar-refractivity contribution in [2.24, 2.45) is 0 Å². The molecule has 2 aliphatic heterocycles. The van der Waals surface area contributed by atoms with E-state index in [4.69, 9.17) is 14.4 Å². The van der Waals surface area contributed by atoms with Gasteiger partial charge < -0.3 is 14.8 Å². The predicted molar refractivity (Wildman–Crippen MR) is 117 cm³/mol. The molecule has 2 saturated heterocycles. The number of carbonyl (C=O) groups is 4. The van der Waals surface area contributed by atoms with Crippen molar-refractivity contribution in [1.29, 1.82) is 0 Å². The molecule has 2 aliphatic rings. The van der Waals surface area contributed by atoms with Gasteiger partial charge in [0.2, 0.25) is 6.29 Å². The molecule has 0 saturated carbocycles. The minimum Gasteiger partial charge on any atom is -0.445 e. The van der Waals surface area contributed by atoms with Crippen LogP contribution in [0.15, 0.2) is 60.7 Å². The zero-order chi connectivity index (χ0) is 24.6. The molecule has 0 radical (unpaired) electrons. The topological polar surface area (TPSA) is 133 Å². The first-order chi connectivity index (χ1) is 17.0. The number of imide groups is 1. The Hall–Kier alpha value is -3.96. The van der Waals surface area contributed by atoms with Gasteiger partial charge in [0.05, 0.1) is 6.04 Å². The Kier molecular flexibility index (Phi) is 7.91. The lowest BCUT2D eigenvalue weighted by Gasteiger charge is -2.17. The van der Waals surface area contributed by atoms with Crippen molar-refractivity contribution < 1.29 is 43.3 Å². The molecule has 35 heavy (non-hydrogen) atoms. The molecule has 2 aromatic rings. The van der Waals surface area contributed by atoms with E-state index in [1.165, 1.54) is 0 Å². The van der Waals surface area contributed by atoms with Gasteiger partial charge in [-0.25, -0.2) is 4.79 Å². The lowest BCUT2D eigenvalue weighted by molar-refractivity contribution is -0.294. The Morgan fingerprint density at radius 2 is 1.60 bits per heavy atom. The van der Waals surface area contributed by atoms with Crippen molar-refractivity contribution in [2.45, 2.75) is 50.7 Å². The number of benzene rings is 2. The molecule has 4 rings (SSSR count). The van der Waals surface area contributed by atoms with Crippen LogP contribution in [0.1, 0.15) is 30.4 Å². The van der Waals surface area contributed by atoms with Gasteiger partial charge in [0.1, 0.15) is 12.7 Å². The number of alkyl carbamates (subject to hydrolysis) is 1. The maximum atomic E-state index is 12.4. The van der Waals surface area contributed by atoms with Crippen LogP contribution in [0.25, 0.3) is 0 Å². The van der Waals surface area contributed by atoms with Crippen LogP contribution in [0, 0.1) is 0 Å². The SMILES string of the molecule is O=C(N[C@H](CCc1ccccc1)[C@@H]1OC1OOC(=O)ON1C(=O)CCC1=O)OCc1ccccc1. The molecule has 0 bridgehead atoms. The normalized spacial score (nSPS) is 19.7. The summed E-state index contributed by atoms with van der Waals surface area (Å²) < 4.78 is 10.7. The van der Waals surface area contributed by atoms with Gasteiger partial charge in [-0.15, -0.1) is 4.89 Å². The number of amides is 3. The molecular weight excluding hydrogens is 460 g/mol. The zero-order valence-electron chi connectivity index (χ0n) is 18.7. The predicted octanol–water partition coefficient (Wildman–Crippen LogP) is 2.79. The standard InChI is InChI=1S/C24H24N2O9/c27-19-13-14-20(28)26(19)33-24(30)35-34-22-21(32-22)18(12-11-16-7-3-1-4-8-16)25-23(29)31-15-17-9-5-2-6-10-17/h1-10,18,21-22H,11-15H2,(H,25,29)/t18-,21+,22?/m1/s1. The van der Waals surface area contributed by atoms with Crippen molar-refractivity contribution in [3.63, 3.8) is 0 Å². The molecule has 11 heteroatoms. The first-order valence-electron chi connectivity index (χ1n) is 11.1. The van der Waals surface area contributed by atoms with Crippen molar-refractivity contribution in [1.82, 2.24) is 10.4 Å². The number of aryl methyl sites for hydroxylation is 1. The first kappa shape index (κ1) is 24.2. The van der Waals surface area contributed by atoms with Gasteiger partial charge >= 0.3 is 12.2 Å². The number of hydrogen-bond donors (Lipinski definition) is 1. The Bertz CT molecular complexity index is 1030. The fourth-order valence-corrected chi connectivity index (χ4v) is 3.51. The number of hydrogen-bond acceptors (Lipinski definition) is 9. The quantitative estimate of drug-likeness (QED) is 0.234. The van der Waals surface area contributed by atoms with E-state index in [1.807, 2.05) is 60.7 Å².